The molecule has 0 saturated carbocycles. The van der Waals surface area contributed by atoms with E-state index in [1.165, 1.54) is 0 Å². The Morgan fingerprint density at radius 3 is 2.71 bits per heavy atom. The van der Waals surface area contributed by atoms with Crippen molar-refractivity contribution in [3.8, 4) is 0 Å². The summed E-state index contributed by atoms with van der Waals surface area (Å²) in [5, 5.41) is 6.62. The van der Waals surface area contributed by atoms with E-state index in [-0.39, 0.29) is 12.6 Å². The van der Waals surface area contributed by atoms with Crippen molar-refractivity contribution in [3.63, 3.8) is 0 Å². The zero-order chi connectivity index (χ0) is 22.1. The van der Waals surface area contributed by atoms with Crippen LogP contribution in [-0.2, 0) is 17.9 Å². The van der Waals surface area contributed by atoms with Gasteiger partial charge in [0.05, 0.1) is 11.7 Å². The summed E-state index contributed by atoms with van der Waals surface area (Å²) >= 11 is 6.32. The molecule has 0 saturated heterocycles. The third-order valence-corrected chi connectivity index (χ3v) is 4.74. The molecule has 7 heteroatoms. The maximum Gasteiger partial charge on any atom is 0.411 e. The molecule has 0 aliphatic rings. The number of anilines is 2. The molecule has 31 heavy (non-hydrogen) atoms. The van der Waals surface area contributed by atoms with Crippen molar-refractivity contribution in [3.05, 3.63) is 101 Å². The van der Waals surface area contributed by atoms with Gasteiger partial charge in [0.1, 0.15) is 12.4 Å². The van der Waals surface area contributed by atoms with Gasteiger partial charge in [0.15, 0.2) is 0 Å². The summed E-state index contributed by atoms with van der Waals surface area (Å²) in [6.07, 6.45) is 1.89. The molecule has 1 atom stereocenters. The third-order valence-electron chi connectivity index (χ3n) is 4.52. The van der Waals surface area contributed by atoms with E-state index in [0.717, 1.165) is 16.8 Å². The minimum Gasteiger partial charge on any atom is -0.444 e. The van der Waals surface area contributed by atoms with Crippen LogP contribution in [0, 0.1) is 0 Å². The molecule has 6 nitrogen and oxygen atoms in total. The quantitative estimate of drug-likeness (QED) is 0.376. The van der Waals surface area contributed by atoms with E-state index in [2.05, 4.69) is 22.2 Å². The Morgan fingerprint density at radius 1 is 1.16 bits per heavy atom. The van der Waals surface area contributed by atoms with E-state index in [1.807, 2.05) is 66.7 Å². The van der Waals surface area contributed by atoms with Gasteiger partial charge in [-0.2, -0.15) is 0 Å². The number of hydrogen-bond donors (Lipinski definition) is 3. The molecule has 0 radical (unpaired) electrons. The third kappa shape index (κ3) is 6.84. The highest BCUT2D eigenvalue weighted by Crippen LogP contribution is 2.28. The first-order valence-corrected chi connectivity index (χ1v) is 10.3. The van der Waals surface area contributed by atoms with Crippen molar-refractivity contribution < 1.29 is 9.53 Å². The number of carbonyl (C=O) groups is 1. The van der Waals surface area contributed by atoms with E-state index >= 15 is 0 Å². The van der Waals surface area contributed by atoms with Gasteiger partial charge in [0.2, 0.25) is 0 Å². The smallest absolute Gasteiger partial charge is 0.411 e. The number of nitrogens with zero attached hydrogens (tertiary/aromatic N) is 1. The predicted octanol–water partition coefficient (Wildman–Crippen LogP) is 5.67. The van der Waals surface area contributed by atoms with Gasteiger partial charge in [0, 0.05) is 17.3 Å². The molecule has 4 N–H and O–H groups in total. The minimum atomic E-state index is -0.553. The second-order valence-corrected chi connectivity index (χ2v) is 7.34. The number of benzene rings is 2. The van der Waals surface area contributed by atoms with E-state index in [0.29, 0.717) is 29.5 Å². The fourth-order valence-corrected chi connectivity index (χ4v) is 3.30. The Morgan fingerprint density at radius 2 is 1.97 bits per heavy atom. The van der Waals surface area contributed by atoms with Gasteiger partial charge < -0.3 is 15.8 Å². The Balaban J connectivity index is 1.72. The highest BCUT2D eigenvalue weighted by atomic mass is 35.5. The summed E-state index contributed by atoms with van der Waals surface area (Å²) in [6.45, 7) is 4.39. The standard InChI is InChI=1S/C24H25ClN4O2/c1-2-7-22(29-23-11-6-10-20(15-26)27-23)18-12-19(25)14-21(13-18)28-24(30)31-16-17-8-4-3-5-9-17/h2-6,8-14,22H,1,7,15-16,26H2,(H,27,29)(H,28,30)/t22-/m0/s1. The second-order valence-electron chi connectivity index (χ2n) is 6.90. The number of carbonyl (C=O) groups excluding carboxylic acids is 1. The van der Waals surface area contributed by atoms with E-state index in [1.54, 1.807) is 6.07 Å². The van der Waals surface area contributed by atoms with Crippen molar-refractivity contribution in [1.29, 1.82) is 0 Å². The molecule has 0 unspecified atom stereocenters. The summed E-state index contributed by atoms with van der Waals surface area (Å²) in [6, 6.07) is 20.4. The maximum atomic E-state index is 12.2. The minimum absolute atomic E-state index is 0.141. The highest BCUT2D eigenvalue weighted by Gasteiger charge is 2.14. The molecule has 0 bridgehead atoms. The van der Waals surface area contributed by atoms with Crippen molar-refractivity contribution >= 4 is 29.2 Å². The molecule has 3 rings (SSSR count). The topological polar surface area (TPSA) is 89.3 Å². The molecular weight excluding hydrogens is 412 g/mol. The van der Waals surface area contributed by atoms with Crippen molar-refractivity contribution in [1.82, 2.24) is 4.98 Å². The van der Waals surface area contributed by atoms with Crippen LogP contribution in [0.25, 0.3) is 0 Å². The van der Waals surface area contributed by atoms with Crippen LogP contribution in [0.5, 0.6) is 0 Å². The van der Waals surface area contributed by atoms with Gasteiger partial charge in [-0.15, -0.1) is 6.58 Å². The lowest BCUT2D eigenvalue weighted by molar-refractivity contribution is 0.155. The monoisotopic (exact) mass is 436 g/mol. The largest absolute Gasteiger partial charge is 0.444 e. The van der Waals surface area contributed by atoms with Gasteiger partial charge in [0.25, 0.3) is 0 Å². The van der Waals surface area contributed by atoms with Gasteiger partial charge in [-0.25, -0.2) is 9.78 Å². The lowest BCUT2D eigenvalue weighted by Gasteiger charge is -2.20. The van der Waals surface area contributed by atoms with Crippen LogP contribution in [0.4, 0.5) is 16.3 Å². The SMILES string of the molecule is C=CC[C@H](Nc1cccc(CN)n1)c1cc(Cl)cc(NC(=O)OCc2ccccc2)c1. The van der Waals surface area contributed by atoms with E-state index in [4.69, 9.17) is 22.1 Å². The molecule has 0 spiro atoms. The molecule has 0 aliphatic carbocycles. The average molecular weight is 437 g/mol. The van der Waals surface area contributed by atoms with Gasteiger partial charge in [-0.3, -0.25) is 5.32 Å². The van der Waals surface area contributed by atoms with Crippen LogP contribution >= 0.6 is 11.6 Å². The number of rotatable bonds is 9. The van der Waals surface area contributed by atoms with Gasteiger partial charge in [-0.1, -0.05) is 54.1 Å². The average Bonchev–Trinajstić information content (AvgIpc) is 2.78. The van der Waals surface area contributed by atoms with Gasteiger partial charge >= 0.3 is 6.09 Å². The molecule has 0 aliphatic heterocycles. The van der Waals surface area contributed by atoms with Crippen LogP contribution in [0.1, 0.15) is 29.3 Å². The lowest BCUT2D eigenvalue weighted by atomic mass is 10.0. The van der Waals surface area contributed by atoms with Crippen molar-refractivity contribution in [2.45, 2.75) is 25.6 Å². The Kier molecular flexibility index (Phi) is 8.04. The number of ether oxygens (including phenoxy) is 1. The molecule has 1 aromatic heterocycles. The van der Waals surface area contributed by atoms with Crippen molar-refractivity contribution in [2.75, 3.05) is 10.6 Å². The molecular formula is C24H25ClN4O2. The number of nitrogens with two attached hydrogens (primary N) is 1. The fourth-order valence-electron chi connectivity index (χ4n) is 3.06. The number of nitrogens with one attached hydrogen (secondary N) is 2. The zero-order valence-corrected chi connectivity index (χ0v) is 17.8. The first kappa shape index (κ1) is 22.3. The van der Waals surface area contributed by atoms with E-state index < -0.39 is 6.09 Å². The summed E-state index contributed by atoms with van der Waals surface area (Å²) in [7, 11) is 0. The lowest BCUT2D eigenvalue weighted by Crippen LogP contribution is -2.15. The molecule has 160 valence electrons. The van der Waals surface area contributed by atoms with Crippen LogP contribution < -0.4 is 16.4 Å². The molecule has 2 aromatic carbocycles. The normalized spacial score (nSPS) is 11.4. The number of aromatic nitrogens is 1. The van der Waals surface area contributed by atoms with Crippen LogP contribution in [0.2, 0.25) is 5.02 Å². The number of halogens is 1. The van der Waals surface area contributed by atoms with Crippen molar-refractivity contribution in [2.24, 2.45) is 5.73 Å². The molecule has 3 aromatic rings. The highest BCUT2D eigenvalue weighted by molar-refractivity contribution is 6.31. The van der Waals surface area contributed by atoms with Crippen LogP contribution in [0.15, 0.2) is 79.4 Å². The summed E-state index contributed by atoms with van der Waals surface area (Å²) in [4.78, 5) is 16.7. The zero-order valence-electron chi connectivity index (χ0n) is 17.1. The Hall–Kier alpha value is -3.35. The second kappa shape index (κ2) is 11.2. The molecule has 1 heterocycles. The van der Waals surface area contributed by atoms with Gasteiger partial charge in [-0.05, 0) is 47.9 Å². The first-order chi connectivity index (χ1) is 15.1. The number of pyridine rings is 1. The number of hydrogen-bond acceptors (Lipinski definition) is 5. The Bertz CT molecular complexity index is 1030. The summed E-state index contributed by atoms with van der Waals surface area (Å²) < 4.78 is 5.29. The molecule has 1 amide bonds. The van der Waals surface area contributed by atoms with Crippen LogP contribution in [-0.4, -0.2) is 11.1 Å². The fraction of sp³-hybridized carbons (Fsp3) is 0.167. The first-order valence-electron chi connectivity index (χ1n) is 9.89. The Labute approximate surface area is 187 Å². The van der Waals surface area contributed by atoms with E-state index in [9.17, 15) is 4.79 Å². The molecule has 0 fully saturated rings. The summed E-state index contributed by atoms with van der Waals surface area (Å²) in [5.74, 6) is 0.701. The maximum absolute atomic E-state index is 12.2. The summed E-state index contributed by atoms with van der Waals surface area (Å²) in [5.41, 5.74) is 8.81. The van der Waals surface area contributed by atoms with Crippen LogP contribution in [0.3, 0.4) is 0 Å². The predicted molar refractivity (Wildman–Crippen MR) is 125 cm³/mol. The number of amides is 1.